The first-order chi connectivity index (χ1) is 9.47. The standard InChI is InChI=1S/C13H17ClO6/c1-7(16)20-10-3-9-8(4-15)5-19-12(18-2)11(9)13(10,17)6-14/h3,5,10-12,15,17H,4,6H2,1-2H3. The van der Waals surface area contributed by atoms with Gasteiger partial charge in [-0.25, -0.2) is 0 Å². The second-order valence-corrected chi connectivity index (χ2v) is 5.06. The van der Waals surface area contributed by atoms with E-state index < -0.39 is 29.9 Å². The van der Waals surface area contributed by atoms with E-state index in [2.05, 4.69) is 0 Å². The number of aliphatic hydroxyl groups excluding tert-OH is 1. The number of methoxy groups -OCH3 is 1. The number of alkyl halides is 1. The first-order valence-electron chi connectivity index (χ1n) is 6.13. The van der Waals surface area contributed by atoms with Crippen LogP contribution in [0.25, 0.3) is 0 Å². The normalized spacial score (nSPS) is 35.8. The third-order valence-electron chi connectivity index (χ3n) is 3.59. The number of ether oxygens (including phenoxy) is 3. The molecule has 1 aliphatic heterocycles. The molecule has 2 N–H and O–H groups in total. The van der Waals surface area contributed by atoms with Gasteiger partial charge < -0.3 is 24.4 Å². The molecule has 0 saturated carbocycles. The average Bonchev–Trinajstić information content (AvgIpc) is 2.72. The molecule has 0 aromatic heterocycles. The van der Waals surface area contributed by atoms with Crippen molar-refractivity contribution in [2.45, 2.75) is 24.9 Å². The molecular formula is C13H17ClO6. The van der Waals surface area contributed by atoms with Crippen molar-refractivity contribution in [2.24, 2.45) is 5.92 Å². The predicted molar refractivity (Wildman–Crippen MR) is 69.8 cm³/mol. The molecule has 2 aliphatic rings. The first kappa shape index (κ1) is 15.3. The van der Waals surface area contributed by atoms with Crippen LogP contribution < -0.4 is 0 Å². The summed E-state index contributed by atoms with van der Waals surface area (Å²) in [5.41, 5.74) is -0.417. The Labute approximate surface area is 121 Å². The molecule has 1 heterocycles. The number of aliphatic hydroxyl groups is 2. The minimum Gasteiger partial charge on any atom is -0.471 e. The Kier molecular flexibility index (Phi) is 4.39. The van der Waals surface area contributed by atoms with Crippen LogP contribution in [0.5, 0.6) is 0 Å². The molecule has 20 heavy (non-hydrogen) atoms. The van der Waals surface area contributed by atoms with Crippen LogP contribution in [0.1, 0.15) is 6.92 Å². The highest BCUT2D eigenvalue weighted by Gasteiger charge is 2.57. The van der Waals surface area contributed by atoms with Crippen molar-refractivity contribution in [1.82, 2.24) is 0 Å². The third-order valence-corrected chi connectivity index (χ3v) is 4.02. The number of carbonyl (C=O) groups excluding carboxylic acids is 1. The van der Waals surface area contributed by atoms with Gasteiger partial charge in [0.1, 0.15) is 5.60 Å². The number of rotatable bonds is 4. The maximum absolute atomic E-state index is 11.2. The molecule has 0 spiro atoms. The molecule has 4 atom stereocenters. The summed E-state index contributed by atoms with van der Waals surface area (Å²) in [5.74, 6) is -1.34. The summed E-state index contributed by atoms with van der Waals surface area (Å²) in [6.45, 7) is 0.992. The lowest BCUT2D eigenvalue weighted by Crippen LogP contribution is -2.53. The van der Waals surface area contributed by atoms with Crippen LogP contribution in [0.3, 0.4) is 0 Å². The maximum Gasteiger partial charge on any atom is 0.303 e. The minimum absolute atomic E-state index is 0.169. The molecule has 0 radical (unpaired) electrons. The molecule has 0 bridgehead atoms. The van der Waals surface area contributed by atoms with Gasteiger partial charge in [0.05, 0.1) is 24.7 Å². The highest BCUT2D eigenvalue weighted by molar-refractivity contribution is 6.18. The molecule has 2 rings (SSSR count). The Morgan fingerprint density at radius 2 is 2.30 bits per heavy atom. The van der Waals surface area contributed by atoms with Crippen molar-refractivity contribution >= 4 is 17.6 Å². The van der Waals surface area contributed by atoms with Crippen LogP contribution in [-0.4, -0.2) is 53.8 Å². The molecule has 6 nitrogen and oxygen atoms in total. The van der Waals surface area contributed by atoms with Crippen molar-refractivity contribution in [3.63, 3.8) is 0 Å². The first-order valence-corrected chi connectivity index (χ1v) is 6.67. The van der Waals surface area contributed by atoms with Crippen LogP contribution in [-0.2, 0) is 19.0 Å². The molecule has 7 heteroatoms. The average molecular weight is 305 g/mol. The van der Waals surface area contributed by atoms with Crippen LogP contribution >= 0.6 is 11.6 Å². The van der Waals surface area contributed by atoms with Gasteiger partial charge in [-0.1, -0.05) is 0 Å². The number of hydrogen-bond acceptors (Lipinski definition) is 6. The second-order valence-electron chi connectivity index (χ2n) is 4.80. The maximum atomic E-state index is 11.2. The molecule has 0 aromatic carbocycles. The van der Waals surface area contributed by atoms with Crippen LogP contribution in [0, 0.1) is 5.92 Å². The highest BCUT2D eigenvalue weighted by Crippen LogP contribution is 2.46. The lowest BCUT2D eigenvalue weighted by atomic mass is 9.83. The van der Waals surface area contributed by atoms with E-state index in [4.69, 9.17) is 25.8 Å². The molecule has 0 saturated heterocycles. The summed E-state index contributed by atoms with van der Waals surface area (Å²) in [4.78, 5) is 11.2. The summed E-state index contributed by atoms with van der Waals surface area (Å²) >= 11 is 5.89. The van der Waals surface area contributed by atoms with Gasteiger partial charge in [-0.05, 0) is 11.6 Å². The quantitative estimate of drug-likeness (QED) is 0.575. The zero-order chi connectivity index (χ0) is 14.9. The van der Waals surface area contributed by atoms with Gasteiger partial charge in [0, 0.05) is 19.6 Å². The van der Waals surface area contributed by atoms with E-state index in [-0.39, 0.29) is 12.5 Å². The van der Waals surface area contributed by atoms with Crippen LogP contribution in [0.15, 0.2) is 23.5 Å². The van der Waals surface area contributed by atoms with Gasteiger partial charge >= 0.3 is 5.97 Å². The molecule has 0 fully saturated rings. The zero-order valence-electron chi connectivity index (χ0n) is 11.2. The lowest BCUT2D eigenvalue weighted by molar-refractivity contribution is -0.187. The van der Waals surface area contributed by atoms with Gasteiger partial charge in [0.25, 0.3) is 0 Å². The third kappa shape index (κ3) is 2.33. The van der Waals surface area contributed by atoms with Crippen LogP contribution in [0.2, 0.25) is 0 Å². The number of hydrogen-bond donors (Lipinski definition) is 2. The van der Waals surface area contributed by atoms with Crippen molar-refractivity contribution < 1.29 is 29.2 Å². The predicted octanol–water partition coefficient (Wildman–Crippen LogP) is 0.323. The Hall–Kier alpha value is -1.08. The van der Waals surface area contributed by atoms with Crippen molar-refractivity contribution in [3.05, 3.63) is 23.5 Å². The van der Waals surface area contributed by atoms with Gasteiger partial charge in [-0.3, -0.25) is 4.79 Å². The number of esters is 1. The van der Waals surface area contributed by atoms with Crippen molar-refractivity contribution in [3.8, 4) is 0 Å². The molecule has 112 valence electrons. The fourth-order valence-electron chi connectivity index (χ4n) is 2.64. The monoisotopic (exact) mass is 304 g/mol. The second kappa shape index (κ2) is 5.73. The topological polar surface area (TPSA) is 85.2 Å². The Balaban J connectivity index is 2.43. The van der Waals surface area contributed by atoms with Gasteiger partial charge in [-0.15, -0.1) is 11.6 Å². The van der Waals surface area contributed by atoms with E-state index >= 15 is 0 Å². The fraction of sp³-hybridized carbons (Fsp3) is 0.615. The van der Waals surface area contributed by atoms with Gasteiger partial charge in [0.15, 0.2) is 6.10 Å². The Bertz CT molecular complexity index is 460. The van der Waals surface area contributed by atoms with E-state index in [9.17, 15) is 15.0 Å². The van der Waals surface area contributed by atoms with E-state index in [1.54, 1.807) is 6.08 Å². The lowest BCUT2D eigenvalue weighted by Gasteiger charge is -2.39. The van der Waals surface area contributed by atoms with Gasteiger partial charge in [0.2, 0.25) is 6.29 Å². The number of fused-ring (bicyclic) bond motifs is 1. The number of halogens is 1. The van der Waals surface area contributed by atoms with Crippen molar-refractivity contribution in [2.75, 3.05) is 19.6 Å². The minimum atomic E-state index is -1.54. The van der Waals surface area contributed by atoms with E-state index in [1.807, 2.05) is 0 Å². The summed E-state index contributed by atoms with van der Waals surface area (Å²) in [7, 11) is 1.44. The Morgan fingerprint density at radius 3 is 2.80 bits per heavy atom. The highest BCUT2D eigenvalue weighted by atomic mass is 35.5. The van der Waals surface area contributed by atoms with E-state index in [0.29, 0.717) is 11.1 Å². The molecule has 1 aliphatic carbocycles. The van der Waals surface area contributed by atoms with Gasteiger partial charge in [-0.2, -0.15) is 0 Å². The summed E-state index contributed by atoms with van der Waals surface area (Å²) in [5, 5.41) is 20.1. The smallest absolute Gasteiger partial charge is 0.303 e. The molecule has 4 unspecified atom stereocenters. The fourth-order valence-corrected chi connectivity index (χ4v) is 2.95. The number of carbonyl (C=O) groups is 1. The molecular weight excluding hydrogens is 288 g/mol. The zero-order valence-corrected chi connectivity index (χ0v) is 12.0. The Morgan fingerprint density at radius 1 is 1.60 bits per heavy atom. The SMILES string of the molecule is COC1OC=C(CO)C2=CC(OC(C)=O)C(O)(CCl)C21. The largest absolute Gasteiger partial charge is 0.471 e. The molecule has 0 aromatic rings. The summed E-state index contributed by atoms with van der Waals surface area (Å²) < 4.78 is 15.7. The van der Waals surface area contributed by atoms with E-state index in [1.165, 1.54) is 20.3 Å². The van der Waals surface area contributed by atoms with Crippen LogP contribution in [0.4, 0.5) is 0 Å². The van der Waals surface area contributed by atoms with E-state index in [0.717, 1.165) is 0 Å². The molecule has 0 amide bonds. The summed E-state index contributed by atoms with van der Waals surface area (Å²) in [6, 6.07) is 0. The van der Waals surface area contributed by atoms with Crippen molar-refractivity contribution in [1.29, 1.82) is 0 Å². The summed E-state index contributed by atoms with van der Waals surface area (Å²) in [6.07, 6.45) is 1.29.